The Balaban J connectivity index is 2.23. The van der Waals surface area contributed by atoms with Gasteiger partial charge >= 0.3 is 5.97 Å². The summed E-state index contributed by atoms with van der Waals surface area (Å²) in [4.78, 5) is 13.4. The molecule has 0 atom stereocenters. The number of aromatic hydroxyl groups is 1. The van der Waals surface area contributed by atoms with Crippen molar-refractivity contribution in [3.05, 3.63) is 53.6 Å². The van der Waals surface area contributed by atoms with Gasteiger partial charge in [-0.05, 0) is 42.3 Å². The van der Waals surface area contributed by atoms with E-state index in [1.807, 2.05) is 12.1 Å². The molecule has 4 heteroatoms. The van der Waals surface area contributed by atoms with Gasteiger partial charge in [-0.15, -0.1) is 0 Å². The van der Waals surface area contributed by atoms with E-state index in [2.05, 4.69) is 23.8 Å². The van der Waals surface area contributed by atoms with Crippen LogP contribution in [0.1, 0.15) is 22.8 Å². The summed E-state index contributed by atoms with van der Waals surface area (Å²) in [6.07, 6.45) is 1.00. The van der Waals surface area contributed by atoms with E-state index in [0.717, 1.165) is 16.2 Å². The number of phenolic OH excluding ortho intramolecular Hbond substituents is 1. The average molecular weight is 288 g/mol. The van der Waals surface area contributed by atoms with Gasteiger partial charge in [0.05, 0.1) is 12.7 Å². The van der Waals surface area contributed by atoms with Crippen LogP contribution in [-0.2, 0) is 11.2 Å². The normalized spacial score (nSPS) is 10.3. The SMILES string of the molecule is CCc1ccc(Sc2cc(O)cc(C(=O)OC)c2)cc1. The second kappa shape index (κ2) is 6.48. The van der Waals surface area contributed by atoms with Gasteiger partial charge in [0.2, 0.25) is 0 Å². The van der Waals surface area contributed by atoms with Crippen LogP contribution in [0.15, 0.2) is 52.3 Å². The lowest BCUT2D eigenvalue weighted by Gasteiger charge is -2.06. The van der Waals surface area contributed by atoms with Crippen molar-refractivity contribution in [2.75, 3.05) is 7.11 Å². The Hall–Kier alpha value is -1.94. The molecular weight excluding hydrogens is 272 g/mol. The summed E-state index contributed by atoms with van der Waals surface area (Å²) in [7, 11) is 1.32. The first kappa shape index (κ1) is 14.5. The quantitative estimate of drug-likeness (QED) is 0.867. The van der Waals surface area contributed by atoms with Crippen molar-refractivity contribution < 1.29 is 14.6 Å². The van der Waals surface area contributed by atoms with E-state index in [1.54, 1.807) is 12.1 Å². The summed E-state index contributed by atoms with van der Waals surface area (Å²) in [5.74, 6) is -0.398. The number of phenols is 1. The van der Waals surface area contributed by atoms with Gasteiger partial charge in [-0.25, -0.2) is 4.79 Å². The number of rotatable bonds is 4. The molecule has 2 rings (SSSR count). The van der Waals surface area contributed by atoms with Crippen LogP contribution in [0.3, 0.4) is 0 Å². The highest BCUT2D eigenvalue weighted by atomic mass is 32.2. The first-order valence-corrected chi connectivity index (χ1v) is 7.13. The number of aryl methyl sites for hydroxylation is 1. The monoisotopic (exact) mass is 288 g/mol. The molecule has 20 heavy (non-hydrogen) atoms. The van der Waals surface area contributed by atoms with Crippen LogP contribution in [0.25, 0.3) is 0 Å². The second-order valence-electron chi connectivity index (χ2n) is 4.31. The Labute approximate surface area is 122 Å². The van der Waals surface area contributed by atoms with Crippen molar-refractivity contribution in [2.45, 2.75) is 23.1 Å². The summed E-state index contributed by atoms with van der Waals surface area (Å²) in [6, 6.07) is 13.0. The van der Waals surface area contributed by atoms with Crippen LogP contribution in [0.4, 0.5) is 0 Å². The van der Waals surface area contributed by atoms with Crippen molar-refractivity contribution in [3.8, 4) is 5.75 Å². The first-order chi connectivity index (χ1) is 9.62. The molecule has 0 heterocycles. The van der Waals surface area contributed by atoms with E-state index in [-0.39, 0.29) is 5.75 Å². The largest absolute Gasteiger partial charge is 0.508 e. The molecule has 0 bridgehead atoms. The number of carbonyl (C=O) groups is 1. The fourth-order valence-corrected chi connectivity index (χ4v) is 2.72. The minimum atomic E-state index is -0.455. The summed E-state index contributed by atoms with van der Waals surface area (Å²) >= 11 is 1.50. The maximum Gasteiger partial charge on any atom is 0.338 e. The first-order valence-electron chi connectivity index (χ1n) is 6.31. The van der Waals surface area contributed by atoms with Crippen molar-refractivity contribution >= 4 is 17.7 Å². The smallest absolute Gasteiger partial charge is 0.338 e. The third-order valence-corrected chi connectivity index (χ3v) is 3.86. The molecule has 3 nitrogen and oxygen atoms in total. The highest BCUT2D eigenvalue weighted by Gasteiger charge is 2.09. The Morgan fingerprint density at radius 1 is 1.15 bits per heavy atom. The molecule has 0 spiro atoms. The van der Waals surface area contributed by atoms with Gasteiger partial charge in [-0.1, -0.05) is 30.8 Å². The van der Waals surface area contributed by atoms with Crippen LogP contribution in [-0.4, -0.2) is 18.2 Å². The number of carbonyl (C=O) groups excluding carboxylic acids is 1. The van der Waals surface area contributed by atoms with Gasteiger partial charge in [-0.3, -0.25) is 0 Å². The molecule has 0 aliphatic carbocycles. The van der Waals surface area contributed by atoms with E-state index in [0.29, 0.717) is 5.56 Å². The molecule has 1 N–H and O–H groups in total. The molecule has 2 aromatic rings. The van der Waals surface area contributed by atoms with Gasteiger partial charge in [0, 0.05) is 9.79 Å². The molecule has 0 amide bonds. The molecule has 2 aromatic carbocycles. The van der Waals surface area contributed by atoms with Crippen LogP contribution in [0, 0.1) is 0 Å². The van der Waals surface area contributed by atoms with Gasteiger partial charge in [-0.2, -0.15) is 0 Å². The van der Waals surface area contributed by atoms with Crippen molar-refractivity contribution in [3.63, 3.8) is 0 Å². The zero-order chi connectivity index (χ0) is 14.5. The summed E-state index contributed by atoms with van der Waals surface area (Å²) in [5.41, 5.74) is 1.63. The van der Waals surface area contributed by atoms with E-state index in [9.17, 15) is 9.90 Å². The molecule has 0 radical (unpaired) electrons. The maximum absolute atomic E-state index is 11.5. The second-order valence-corrected chi connectivity index (χ2v) is 5.45. The number of benzene rings is 2. The predicted octanol–water partition coefficient (Wildman–Crippen LogP) is 3.89. The number of methoxy groups -OCH3 is 1. The fourth-order valence-electron chi connectivity index (χ4n) is 1.81. The van der Waals surface area contributed by atoms with E-state index < -0.39 is 5.97 Å². The average Bonchev–Trinajstić information content (AvgIpc) is 2.46. The number of hydrogen-bond donors (Lipinski definition) is 1. The summed E-state index contributed by atoms with van der Waals surface area (Å²) < 4.78 is 4.67. The van der Waals surface area contributed by atoms with Gasteiger partial charge in [0.1, 0.15) is 5.75 Å². The van der Waals surface area contributed by atoms with Crippen LogP contribution >= 0.6 is 11.8 Å². The Bertz CT molecular complexity index is 606. The molecule has 0 saturated heterocycles. The molecular formula is C16H16O3S. The zero-order valence-electron chi connectivity index (χ0n) is 11.4. The summed E-state index contributed by atoms with van der Waals surface area (Å²) in [6.45, 7) is 2.11. The minimum Gasteiger partial charge on any atom is -0.508 e. The van der Waals surface area contributed by atoms with E-state index in [1.165, 1.54) is 30.5 Å². The number of esters is 1. The zero-order valence-corrected chi connectivity index (χ0v) is 12.2. The highest BCUT2D eigenvalue weighted by Crippen LogP contribution is 2.31. The fraction of sp³-hybridized carbons (Fsp3) is 0.188. The van der Waals surface area contributed by atoms with E-state index in [4.69, 9.17) is 0 Å². The Morgan fingerprint density at radius 2 is 1.85 bits per heavy atom. The molecule has 0 saturated carbocycles. The van der Waals surface area contributed by atoms with Crippen LogP contribution in [0.5, 0.6) is 5.75 Å². The van der Waals surface area contributed by atoms with Crippen molar-refractivity contribution in [1.82, 2.24) is 0 Å². The van der Waals surface area contributed by atoms with Gasteiger partial charge in [0.15, 0.2) is 0 Å². The molecule has 0 aromatic heterocycles. The standard InChI is InChI=1S/C16H16O3S/c1-3-11-4-6-14(7-5-11)20-15-9-12(16(18)19-2)8-13(17)10-15/h4-10,17H,3H2,1-2H3. The van der Waals surface area contributed by atoms with Crippen LogP contribution < -0.4 is 0 Å². The van der Waals surface area contributed by atoms with Gasteiger partial charge < -0.3 is 9.84 Å². The van der Waals surface area contributed by atoms with Crippen molar-refractivity contribution in [1.29, 1.82) is 0 Å². The maximum atomic E-state index is 11.5. The number of hydrogen-bond acceptors (Lipinski definition) is 4. The highest BCUT2D eigenvalue weighted by molar-refractivity contribution is 7.99. The van der Waals surface area contributed by atoms with Gasteiger partial charge in [0.25, 0.3) is 0 Å². The minimum absolute atomic E-state index is 0.0561. The van der Waals surface area contributed by atoms with Crippen LogP contribution in [0.2, 0.25) is 0 Å². The molecule has 0 aliphatic rings. The third kappa shape index (κ3) is 3.54. The molecule has 0 unspecified atom stereocenters. The lowest BCUT2D eigenvalue weighted by Crippen LogP contribution is -2.00. The van der Waals surface area contributed by atoms with Crippen molar-refractivity contribution in [2.24, 2.45) is 0 Å². The molecule has 104 valence electrons. The lowest BCUT2D eigenvalue weighted by atomic mass is 10.2. The topological polar surface area (TPSA) is 46.5 Å². The summed E-state index contributed by atoms with van der Waals surface area (Å²) in [5, 5.41) is 9.68. The lowest BCUT2D eigenvalue weighted by molar-refractivity contribution is 0.0600. The third-order valence-electron chi connectivity index (χ3n) is 2.88. The number of ether oxygens (including phenoxy) is 1. The van der Waals surface area contributed by atoms with E-state index >= 15 is 0 Å². The molecule has 0 aliphatic heterocycles. The molecule has 0 fully saturated rings. The predicted molar refractivity (Wildman–Crippen MR) is 79.4 cm³/mol. The Kier molecular flexibility index (Phi) is 4.69. The Morgan fingerprint density at radius 3 is 2.45 bits per heavy atom.